The van der Waals surface area contributed by atoms with Gasteiger partial charge in [0.25, 0.3) is 0 Å². The number of carbonyl (C=O) groups excluding carboxylic acids is 1. The fourth-order valence-corrected chi connectivity index (χ4v) is 4.36. The molecule has 0 aliphatic rings. The molecule has 1 aromatic heterocycles. The highest BCUT2D eigenvalue weighted by molar-refractivity contribution is 8.01. The zero-order valence-electron chi connectivity index (χ0n) is 17.5. The monoisotopic (exact) mass is 481 g/mol. The molecular weight excluding hydrogens is 462 g/mol. The van der Waals surface area contributed by atoms with Crippen LogP contribution in [0.2, 0.25) is 5.02 Å². The van der Waals surface area contributed by atoms with Gasteiger partial charge < -0.3 is 5.32 Å². The number of nitrogens with one attached hydrogen (secondary N) is 2. The van der Waals surface area contributed by atoms with Crippen LogP contribution in [-0.4, -0.2) is 31.2 Å². The first-order valence-electron chi connectivity index (χ1n) is 9.77. The van der Waals surface area contributed by atoms with E-state index in [1.54, 1.807) is 72.8 Å². The van der Waals surface area contributed by atoms with Crippen molar-refractivity contribution in [3.05, 3.63) is 77.8 Å². The molecular formula is C23H20ClN5O3S. The van der Waals surface area contributed by atoms with Crippen LogP contribution in [0.1, 0.15) is 6.92 Å². The molecule has 3 aromatic carbocycles. The van der Waals surface area contributed by atoms with E-state index in [0.717, 1.165) is 5.06 Å². The Hall–Kier alpha value is -3.66. The molecule has 168 valence electrons. The van der Waals surface area contributed by atoms with Gasteiger partial charge in [0.1, 0.15) is 0 Å². The lowest BCUT2D eigenvalue weighted by atomic mass is 10.2. The van der Waals surface area contributed by atoms with Gasteiger partial charge >= 0.3 is 0 Å². The van der Waals surface area contributed by atoms with Crippen molar-refractivity contribution in [2.24, 2.45) is 0 Å². The molecule has 33 heavy (non-hydrogen) atoms. The van der Waals surface area contributed by atoms with Crippen molar-refractivity contribution in [1.82, 2.24) is 9.97 Å². The molecule has 0 saturated carbocycles. The Kier molecular flexibility index (Phi) is 6.19. The maximum atomic E-state index is 13.4. The number of para-hydroxylation sites is 2. The van der Waals surface area contributed by atoms with Crippen molar-refractivity contribution in [2.75, 3.05) is 15.1 Å². The van der Waals surface area contributed by atoms with Gasteiger partial charge in [0.15, 0.2) is 5.82 Å². The zero-order chi connectivity index (χ0) is 23.6. The zero-order valence-corrected chi connectivity index (χ0v) is 19.1. The number of carbonyl (C=O) groups is 1. The Balaban J connectivity index is 1.76. The Morgan fingerprint density at radius 1 is 1.00 bits per heavy atom. The number of hydrogen-bond donors (Lipinski definition) is 3. The first-order chi connectivity index (χ1) is 15.7. The third kappa shape index (κ3) is 5.06. The number of fused-ring (bicyclic) bond motifs is 1. The first kappa shape index (κ1) is 22.5. The minimum atomic E-state index is -3.05. The first-order valence-corrected chi connectivity index (χ1v) is 11.9. The Morgan fingerprint density at radius 2 is 1.61 bits per heavy atom. The topological polar surface area (TPSA) is 107 Å². The van der Waals surface area contributed by atoms with Gasteiger partial charge in [0.05, 0.1) is 26.4 Å². The van der Waals surface area contributed by atoms with Crippen molar-refractivity contribution in [3.8, 4) is 0 Å². The molecule has 10 heteroatoms. The van der Waals surface area contributed by atoms with E-state index >= 15 is 0 Å². The van der Waals surface area contributed by atoms with E-state index in [0.29, 0.717) is 32.3 Å². The number of rotatable bonds is 6. The summed E-state index contributed by atoms with van der Waals surface area (Å²) in [5.74, 6) is 3.73. The molecule has 4 rings (SSSR count). The smallest absolute Gasteiger partial charge is 0.221 e. The minimum absolute atomic E-state index is 0.0336. The fraction of sp³-hybridized carbons (Fsp3) is 0.0435. The van der Waals surface area contributed by atoms with Gasteiger partial charge in [-0.25, -0.2) is 19.2 Å². The highest BCUT2D eigenvalue weighted by atomic mass is 35.5. The van der Waals surface area contributed by atoms with Gasteiger partial charge in [0.2, 0.25) is 11.7 Å². The van der Waals surface area contributed by atoms with Gasteiger partial charge in [-0.2, -0.15) is 0 Å². The molecule has 3 N–H and O–H groups in total. The normalized spacial score (nSPS) is 12.7. The van der Waals surface area contributed by atoms with Crippen LogP contribution >= 0.6 is 11.6 Å². The summed E-state index contributed by atoms with van der Waals surface area (Å²) in [6.45, 7) is 1.41. The molecule has 0 bridgehead atoms. The second-order valence-electron chi connectivity index (χ2n) is 7.16. The fourth-order valence-electron chi connectivity index (χ4n) is 3.09. The van der Waals surface area contributed by atoms with Crippen molar-refractivity contribution in [2.45, 2.75) is 11.8 Å². The number of anilines is 4. The number of halogens is 1. The Labute approximate surface area is 196 Å². The summed E-state index contributed by atoms with van der Waals surface area (Å²) >= 11 is 5.94. The number of amides is 1. The van der Waals surface area contributed by atoms with E-state index in [-0.39, 0.29) is 17.5 Å². The second-order valence-corrected chi connectivity index (χ2v) is 9.62. The number of benzene rings is 3. The van der Waals surface area contributed by atoms with Crippen LogP contribution in [0.25, 0.3) is 11.0 Å². The average molecular weight is 482 g/mol. The third-order valence-electron chi connectivity index (χ3n) is 4.64. The highest BCUT2D eigenvalue weighted by Gasteiger charge is 2.20. The summed E-state index contributed by atoms with van der Waals surface area (Å²) in [5.41, 5.74) is 2.02. The van der Waals surface area contributed by atoms with E-state index in [4.69, 9.17) is 11.6 Å². The lowest BCUT2D eigenvalue weighted by molar-refractivity contribution is -0.114. The molecule has 1 amide bonds. The largest absolute Gasteiger partial charge is 0.326 e. The van der Waals surface area contributed by atoms with Gasteiger partial charge in [-0.3, -0.25) is 14.7 Å². The maximum absolute atomic E-state index is 13.4. The Morgan fingerprint density at radius 3 is 2.21 bits per heavy atom. The molecule has 1 heterocycles. The van der Waals surface area contributed by atoms with Crippen LogP contribution in [0.4, 0.5) is 23.0 Å². The summed E-state index contributed by atoms with van der Waals surface area (Å²) in [6.07, 6.45) is 0. The van der Waals surface area contributed by atoms with E-state index in [9.17, 15) is 14.2 Å². The van der Waals surface area contributed by atoms with Crippen molar-refractivity contribution >= 4 is 67.1 Å². The molecule has 0 aliphatic carbocycles. The second kappa shape index (κ2) is 9.07. The van der Waals surface area contributed by atoms with Gasteiger partial charge in [-0.1, -0.05) is 23.7 Å². The van der Waals surface area contributed by atoms with Crippen LogP contribution in [0.5, 0.6) is 0 Å². The van der Waals surface area contributed by atoms with Crippen LogP contribution in [0.15, 0.2) is 77.7 Å². The summed E-state index contributed by atoms with van der Waals surface area (Å²) in [7, 11) is -3.05. The third-order valence-corrected chi connectivity index (χ3v) is 6.45. The molecule has 1 atom stereocenters. The predicted octanol–water partition coefficient (Wildman–Crippen LogP) is 4.87. The van der Waals surface area contributed by atoms with E-state index in [2.05, 4.69) is 25.9 Å². The van der Waals surface area contributed by atoms with E-state index in [1.807, 2.05) is 0 Å². The number of nitrogens with zero attached hydrogens (tertiary/aromatic N) is 3. The van der Waals surface area contributed by atoms with Crippen molar-refractivity contribution in [3.63, 3.8) is 0 Å². The summed E-state index contributed by atoms with van der Waals surface area (Å²) in [4.78, 5) is 20.7. The number of hydrogen-bond acceptors (Lipinski definition) is 6. The molecule has 0 spiro atoms. The lowest BCUT2D eigenvalue weighted by Gasteiger charge is -2.21. The standard InChI is InChI=1S/C23H20ClN5O3S/c1-15(30)25-17-9-11-18(12-10-17)29(31)23-22(26-20-5-3-4-6-21(20)27-23)28-33(2,32)19-13-7-16(24)8-14-19/h3-14,31H,2H2,1H3,(H,25,30)(H,26,28,32). The molecule has 0 aliphatic heterocycles. The maximum Gasteiger partial charge on any atom is 0.221 e. The van der Waals surface area contributed by atoms with Crippen LogP contribution in [-0.2, 0) is 14.5 Å². The van der Waals surface area contributed by atoms with Gasteiger partial charge in [-0.15, -0.1) is 0 Å². The average Bonchev–Trinajstić information content (AvgIpc) is 2.78. The lowest BCUT2D eigenvalue weighted by Crippen LogP contribution is -2.20. The SMILES string of the molecule is C=S(=O)(Nc1nc2ccccc2nc1N(O)c1ccc(NC(C)=O)cc1)c1ccc(Cl)cc1. The van der Waals surface area contributed by atoms with Gasteiger partial charge in [-0.05, 0) is 66.5 Å². The summed E-state index contributed by atoms with van der Waals surface area (Å²) < 4.78 is 16.2. The summed E-state index contributed by atoms with van der Waals surface area (Å²) in [6, 6.07) is 20.1. The van der Waals surface area contributed by atoms with Crippen molar-refractivity contribution in [1.29, 1.82) is 0 Å². The molecule has 0 fully saturated rings. The van der Waals surface area contributed by atoms with E-state index < -0.39 is 9.71 Å². The van der Waals surface area contributed by atoms with Crippen LogP contribution < -0.4 is 15.1 Å². The van der Waals surface area contributed by atoms with E-state index in [1.165, 1.54) is 6.92 Å². The molecule has 4 aromatic rings. The number of aromatic nitrogens is 2. The van der Waals surface area contributed by atoms with Crippen LogP contribution in [0.3, 0.4) is 0 Å². The van der Waals surface area contributed by atoms with Crippen LogP contribution in [0, 0.1) is 0 Å². The predicted molar refractivity (Wildman–Crippen MR) is 133 cm³/mol. The van der Waals surface area contributed by atoms with Gasteiger partial charge in [0, 0.05) is 22.5 Å². The molecule has 0 saturated heterocycles. The Bertz CT molecular complexity index is 1430. The highest BCUT2D eigenvalue weighted by Crippen LogP contribution is 2.31. The molecule has 0 radical (unpaired) electrons. The minimum Gasteiger partial charge on any atom is -0.326 e. The van der Waals surface area contributed by atoms with Crippen molar-refractivity contribution < 1.29 is 14.2 Å². The molecule has 8 nitrogen and oxygen atoms in total. The quantitative estimate of drug-likeness (QED) is 0.268. The summed E-state index contributed by atoms with van der Waals surface area (Å²) in [5, 5.41) is 15.0. The molecule has 1 unspecified atom stereocenters.